The summed E-state index contributed by atoms with van der Waals surface area (Å²) in [6.45, 7) is 2.49. The highest BCUT2D eigenvalue weighted by Crippen LogP contribution is 2.28. The van der Waals surface area contributed by atoms with Crippen LogP contribution in [0.5, 0.6) is 0 Å². The summed E-state index contributed by atoms with van der Waals surface area (Å²) in [7, 11) is 0. The molecule has 1 fully saturated rings. The van der Waals surface area contributed by atoms with Gasteiger partial charge in [0.05, 0.1) is 6.04 Å². The molecule has 2 heterocycles. The quantitative estimate of drug-likeness (QED) is 0.766. The summed E-state index contributed by atoms with van der Waals surface area (Å²) in [5.74, 6) is 0.826. The lowest BCUT2D eigenvalue weighted by Gasteiger charge is -2.33. The first-order valence-corrected chi connectivity index (χ1v) is 6.53. The predicted octanol–water partition coefficient (Wildman–Crippen LogP) is 1.76. The first-order chi connectivity index (χ1) is 8.42. The minimum Gasteiger partial charge on any atom is -0.396 e. The molecule has 1 saturated heterocycles. The highest BCUT2D eigenvalue weighted by atomic mass is 16.5. The number of rotatable bonds is 6. The number of aromatic nitrogens is 2. The molecular formula is C12H21N3O2. The van der Waals surface area contributed by atoms with Gasteiger partial charge in [-0.2, -0.15) is 4.98 Å². The number of aliphatic hydroxyl groups is 1. The van der Waals surface area contributed by atoms with E-state index in [-0.39, 0.29) is 0 Å². The zero-order chi connectivity index (χ0) is 11.9. The summed E-state index contributed by atoms with van der Waals surface area (Å²) in [5, 5.41) is 12.7. The normalized spacial score (nSPS) is 21.8. The fourth-order valence-electron chi connectivity index (χ4n) is 2.48. The van der Waals surface area contributed by atoms with Gasteiger partial charge in [-0.05, 0) is 45.2 Å². The average Bonchev–Trinajstić information content (AvgIpc) is 2.89. The molecule has 0 aliphatic carbocycles. The van der Waals surface area contributed by atoms with Crippen LogP contribution >= 0.6 is 0 Å². The monoisotopic (exact) mass is 239 g/mol. The summed E-state index contributed by atoms with van der Waals surface area (Å²) in [4.78, 5) is 6.63. The lowest BCUT2D eigenvalue weighted by atomic mass is 10.0. The third-order valence-corrected chi connectivity index (χ3v) is 3.39. The molecule has 1 unspecified atom stereocenters. The lowest BCUT2D eigenvalue weighted by Crippen LogP contribution is -2.34. The topological polar surface area (TPSA) is 62.4 Å². The largest absolute Gasteiger partial charge is 0.396 e. The third kappa shape index (κ3) is 3.51. The molecule has 0 aromatic carbocycles. The van der Waals surface area contributed by atoms with Crippen LogP contribution in [-0.4, -0.2) is 39.8 Å². The van der Waals surface area contributed by atoms with Gasteiger partial charge in [-0.3, -0.25) is 4.90 Å². The van der Waals surface area contributed by atoms with Gasteiger partial charge in [0.25, 0.3) is 0 Å². The average molecular weight is 239 g/mol. The van der Waals surface area contributed by atoms with Gasteiger partial charge < -0.3 is 9.63 Å². The Balaban J connectivity index is 1.84. The van der Waals surface area contributed by atoms with Crippen LogP contribution in [0.3, 0.4) is 0 Å². The highest BCUT2D eigenvalue weighted by Gasteiger charge is 2.26. The van der Waals surface area contributed by atoms with Crippen molar-refractivity contribution in [2.75, 3.05) is 19.7 Å². The molecule has 1 N–H and O–H groups in total. The van der Waals surface area contributed by atoms with Crippen molar-refractivity contribution in [3.63, 3.8) is 0 Å². The molecule has 1 atom stereocenters. The van der Waals surface area contributed by atoms with E-state index in [2.05, 4.69) is 15.0 Å². The predicted molar refractivity (Wildman–Crippen MR) is 63.4 cm³/mol. The van der Waals surface area contributed by atoms with E-state index < -0.39 is 0 Å². The summed E-state index contributed by atoms with van der Waals surface area (Å²) in [6.07, 6.45) is 8.16. The molecule has 5 nitrogen and oxygen atoms in total. The molecule has 17 heavy (non-hydrogen) atoms. The van der Waals surface area contributed by atoms with E-state index >= 15 is 0 Å². The van der Waals surface area contributed by atoms with E-state index in [1.165, 1.54) is 19.2 Å². The molecule has 0 amide bonds. The van der Waals surface area contributed by atoms with Gasteiger partial charge in [-0.15, -0.1) is 0 Å². The van der Waals surface area contributed by atoms with Gasteiger partial charge in [-0.1, -0.05) is 11.6 Å². The molecule has 0 radical (unpaired) electrons. The molecule has 1 aliphatic heterocycles. The SMILES string of the molecule is OCCCCCN1CCCCC1c1ncon1. The Labute approximate surface area is 102 Å². The zero-order valence-electron chi connectivity index (χ0n) is 10.2. The molecule has 0 saturated carbocycles. The van der Waals surface area contributed by atoms with E-state index in [0.29, 0.717) is 12.6 Å². The van der Waals surface area contributed by atoms with Gasteiger partial charge >= 0.3 is 0 Å². The van der Waals surface area contributed by atoms with Crippen molar-refractivity contribution in [1.29, 1.82) is 0 Å². The Morgan fingerprint density at radius 2 is 2.29 bits per heavy atom. The van der Waals surface area contributed by atoms with E-state index in [1.54, 1.807) is 0 Å². The molecule has 96 valence electrons. The van der Waals surface area contributed by atoms with Crippen molar-refractivity contribution < 1.29 is 9.63 Å². The number of unbranched alkanes of at least 4 members (excludes halogenated alkanes) is 2. The number of nitrogens with zero attached hydrogens (tertiary/aromatic N) is 3. The highest BCUT2D eigenvalue weighted by molar-refractivity contribution is 4.93. The van der Waals surface area contributed by atoms with Crippen LogP contribution in [0.4, 0.5) is 0 Å². The van der Waals surface area contributed by atoms with Crippen LogP contribution in [0.15, 0.2) is 10.9 Å². The van der Waals surface area contributed by atoms with Gasteiger partial charge in [0.2, 0.25) is 6.39 Å². The lowest BCUT2D eigenvalue weighted by molar-refractivity contribution is 0.135. The fraction of sp³-hybridized carbons (Fsp3) is 0.833. The molecule has 1 aromatic heterocycles. The van der Waals surface area contributed by atoms with Gasteiger partial charge in [0.15, 0.2) is 5.82 Å². The Morgan fingerprint density at radius 3 is 3.06 bits per heavy atom. The Bertz CT molecular complexity index is 303. The minimum atomic E-state index is 0.300. The first-order valence-electron chi connectivity index (χ1n) is 6.53. The smallest absolute Gasteiger partial charge is 0.213 e. The first kappa shape index (κ1) is 12.5. The second kappa shape index (κ2) is 6.71. The maximum Gasteiger partial charge on any atom is 0.213 e. The van der Waals surface area contributed by atoms with Crippen LogP contribution in [0, 0.1) is 0 Å². The Kier molecular flexibility index (Phi) is 4.94. The van der Waals surface area contributed by atoms with Gasteiger partial charge in [0.1, 0.15) is 0 Å². The van der Waals surface area contributed by atoms with Crippen molar-refractivity contribution >= 4 is 0 Å². The van der Waals surface area contributed by atoms with Crippen LogP contribution in [0.1, 0.15) is 50.4 Å². The van der Waals surface area contributed by atoms with Crippen LogP contribution in [0.25, 0.3) is 0 Å². The summed E-state index contributed by atoms with van der Waals surface area (Å²) in [5.41, 5.74) is 0. The van der Waals surface area contributed by atoms with Crippen molar-refractivity contribution in [3.05, 3.63) is 12.2 Å². The van der Waals surface area contributed by atoms with Crippen molar-refractivity contribution in [2.24, 2.45) is 0 Å². The van der Waals surface area contributed by atoms with Gasteiger partial charge in [0, 0.05) is 6.61 Å². The number of piperidine rings is 1. The molecule has 1 aliphatic rings. The van der Waals surface area contributed by atoms with E-state index in [1.807, 2.05) is 0 Å². The minimum absolute atomic E-state index is 0.300. The maximum atomic E-state index is 8.76. The number of aliphatic hydroxyl groups excluding tert-OH is 1. The van der Waals surface area contributed by atoms with Crippen LogP contribution in [0.2, 0.25) is 0 Å². The number of hydrogen-bond acceptors (Lipinski definition) is 5. The standard InChI is InChI=1S/C12H21N3O2/c16-9-5-1-3-7-15-8-4-2-6-11(15)12-13-10-17-14-12/h10-11,16H,1-9H2. The summed E-state index contributed by atoms with van der Waals surface area (Å²) in [6, 6.07) is 0.330. The molecular weight excluding hydrogens is 218 g/mol. The summed E-state index contributed by atoms with van der Waals surface area (Å²) < 4.78 is 4.84. The van der Waals surface area contributed by atoms with E-state index in [0.717, 1.165) is 44.6 Å². The zero-order valence-corrected chi connectivity index (χ0v) is 10.2. The second-order valence-corrected chi connectivity index (χ2v) is 4.62. The van der Waals surface area contributed by atoms with Crippen molar-refractivity contribution in [1.82, 2.24) is 15.0 Å². The Morgan fingerprint density at radius 1 is 1.35 bits per heavy atom. The second-order valence-electron chi connectivity index (χ2n) is 4.62. The van der Waals surface area contributed by atoms with Crippen LogP contribution < -0.4 is 0 Å². The third-order valence-electron chi connectivity index (χ3n) is 3.39. The molecule has 1 aromatic rings. The van der Waals surface area contributed by atoms with Crippen molar-refractivity contribution in [2.45, 2.75) is 44.6 Å². The summed E-state index contributed by atoms with van der Waals surface area (Å²) >= 11 is 0. The van der Waals surface area contributed by atoms with Crippen molar-refractivity contribution in [3.8, 4) is 0 Å². The fourth-order valence-corrected chi connectivity index (χ4v) is 2.48. The van der Waals surface area contributed by atoms with Crippen LogP contribution in [-0.2, 0) is 0 Å². The maximum absolute atomic E-state index is 8.76. The van der Waals surface area contributed by atoms with E-state index in [9.17, 15) is 0 Å². The molecule has 0 bridgehead atoms. The van der Waals surface area contributed by atoms with E-state index in [4.69, 9.17) is 9.63 Å². The molecule has 5 heteroatoms. The Hall–Kier alpha value is -0.940. The number of likely N-dealkylation sites (tertiary alicyclic amines) is 1. The molecule has 0 spiro atoms. The molecule has 2 rings (SSSR count). The number of hydrogen-bond donors (Lipinski definition) is 1. The van der Waals surface area contributed by atoms with Gasteiger partial charge in [-0.25, -0.2) is 0 Å².